The van der Waals surface area contributed by atoms with Gasteiger partial charge in [-0.1, -0.05) is 50.8 Å². The molecule has 1 unspecified atom stereocenters. The first-order valence-electron chi connectivity index (χ1n) is 5.53. The van der Waals surface area contributed by atoms with Crippen molar-refractivity contribution >= 4 is 0 Å². The highest BCUT2D eigenvalue weighted by molar-refractivity contribution is 5.14. The molecule has 1 aromatic carbocycles. The summed E-state index contributed by atoms with van der Waals surface area (Å²) in [6, 6.07) is 10.1. The standard InChI is InChI=1S/C14H20O2/c1-11(2)14(15-4)12(3)16-10-13-8-6-5-7-9-13/h5-9,11,14H,3,10H2,1-2,4H3. The first kappa shape index (κ1) is 12.8. The van der Waals surface area contributed by atoms with E-state index in [1.165, 1.54) is 0 Å². The van der Waals surface area contributed by atoms with Gasteiger partial charge in [0, 0.05) is 7.11 Å². The molecule has 0 aromatic heterocycles. The van der Waals surface area contributed by atoms with Gasteiger partial charge in [0.05, 0.1) is 0 Å². The Morgan fingerprint density at radius 3 is 2.38 bits per heavy atom. The van der Waals surface area contributed by atoms with Crippen molar-refractivity contribution in [2.24, 2.45) is 5.92 Å². The van der Waals surface area contributed by atoms with Gasteiger partial charge >= 0.3 is 0 Å². The van der Waals surface area contributed by atoms with Crippen molar-refractivity contribution in [3.63, 3.8) is 0 Å². The van der Waals surface area contributed by atoms with E-state index < -0.39 is 0 Å². The van der Waals surface area contributed by atoms with E-state index in [1.807, 2.05) is 30.3 Å². The highest BCUT2D eigenvalue weighted by Gasteiger charge is 2.17. The fourth-order valence-electron chi connectivity index (χ4n) is 1.61. The summed E-state index contributed by atoms with van der Waals surface area (Å²) in [4.78, 5) is 0. The third-order valence-corrected chi connectivity index (χ3v) is 2.44. The minimum atomic E-state index is -0.0382. The van der Waals surface area contributed by atoms with E-state index in [9.17, 15) is 0 Å². The Hall–Kier alpha value is -1.28. The largest absolute Gasteiger partial charge is 0.491 e. The molecule has 1 rings (SSSR count). The van der Waals surface area contributed by atoms with Crippen LogP contribution in [0.25, 0.3) is 0 Å². The highest BCUT2D eigenvalue weighted by Crippen LogP contribution is 2.16. The maximum atomic E-state index is 5.62. The molecule has 16 heavy (non-hydrogen) atoms. The number of methoxy groups -OCH3 is 1. The van der Waals surface area contributed by atoms with E-state index in [4.69, 9.17) is 9.47 Å². The second kappa shape index (κ2) is 6.33. The molecular weight excluding hydrogens is 200 g/mol. The normalized spacial score (nSPS) is 12.5. The van der Waals surface area contributed by atoms with Crippen molar-refractivity contribution in [3.8, 4) is 0 Å². The molecule has 0 aliphatic carbocycles. The smallest absolute Gasteiger partial charge is 0.118 e. The van der Waals surface area contributed by atoms with E-state index in [0.29, 0.717) is 18.3 Å². The second-order valence-electron chi connectivity index (χ2n) is 4.14. The van der Waals surface area contributed by atoms with Crippen LogP contribution in [0.15, 0.2) is 42.7 Å². The van der Waals surface area contributed by atoms with Crippen LogP contribution in [0.4, 0.5) is 0 Å². The monoisotopic (exact) mass is 220 g/mol. The van der Waals surface area contributed by atoms with Gasteiger partial charge in [0.25, 0.3) is 0 Å². The lowest BCUT2D eigenvalue weighted by Crippen LogP contribution is -2.21. The van der Waals surface area contributed by atoms with Gasteiger partial charge in [0.2, 0.25) is 0 Å². The van der Waals surface area contributed by atoms with Crippen LogP contribution in [0.2, 0.25) is 0 Å². The van der Waals surface area contributed by atoms with Gasteiger partial charge in [-0.25, -0.2) is 0 Å². The van der Waals surface area contributed by atoms with Gasteiger partial charge < -0.3 is 9.47 Å². The molecule has 0 amide bonds. The van der Waals surface area contributed by atoms with Crippen molar-refractivity contribution in [3.05, 3.63) is 48.2 Å². The van der Waals surface area contributed by atoms with E-state index in [1.54, 1.807) is 7.11 Å². The summed E-state index contributed by atoms with van der Waals surface area (Å²) in [5, 5.41) is 0. The zero-order valence-electron chi connectivity index (χ0n) is 10.3. The molecule has 0 spiro atoms. The average Bonchev–Trinajstić information content (AvgIpc) is 2.28. The molecule has 0 bridgehead atoms. The highest BCUT2D eigenvalue weighted by atomic mass is 16.5. The summed E-state index contributed by atoms with van der Waals surface area (Å²) in [7, 11) is 1.68. The minimum Gasteiger partial charge on any atom is -0.491 e. The zero-order valence-corrected chi connectivity index (χ0v) is 10.3. The Kier molecular flexibility index (Phi) is 5.06. The Balaban J connectivity index is 2.46. The quantitative estimate of drug-likeness (QED) is 0.684. The van der Waals surface area contributed by atoms with Gasteiger partial charge in [-0.15, -0.1) is 0 Å². The van der Waals surface area contributed by atoms with Crippen LogP contribution < -0.4 is 0 Å². The molecule has 0 N–H and O–H groups in total. The minimum absolute atomic E-state index is 0.0382. The molecule has 0 saturated heterocycles. The van der Waals surface area contributed by atoms with Crippen molar-refractivity contribution in [1.82, 2.24) is 0 Å². The summed E-state index contributed by atoms with van der Waals surface area (Å²) in [5.41, 5.74) is 1.14. The molecule has 0 heterocycles. The van der Waals surface area contributed by atoms with Crippen LogP contribution in [0.5, 0.6) is 0 Å². The van der Waals surface area contributed by atoms with E-state index in [0.717, 1.165) is 5.56 Å². The average molecular weight is 220 g/mol. The van der Waals surface area contributed by atoms with Gasteiger partial charge in [-0.3, -0.25) is 0 Å². The maximum Gasteiger partial charge on any atom is 0.118 e. The molecule has 2 heteroatoms. The van der Waals surface area contributed by atoms with Crippen molar-refractivity contribution < 1.29 is 9.47 Å². The van der Waals surface area contributed by atoms with E-state index in [2.05, 4.69) is 20.4 Å². The van der Waals surface area contributed by atoms with E-state index in [-0.39, 0.29) is 6.10 Å². The predicted octanol–water partition coefficient (Wildman–Crippen LogP) is 3.39. The Morgan fingerprint density at radius 2 is 1.88 bits per heavy atom. The molecule has 0 aliphatic heterocycles. The van der Waals surface area contributed by atoms with Crippen LogP contribution in [-0.4, -0.2) is 13.2 Å². The first-order valence-corrected chi connectivity index (χ1v) is 5.53. The summed E-state index contributed by atoms with van der Waals surface area (Å²) in [5.74, 6) is 1.06. The molecule has 1 aromatic rings. The number of benzene rings is 1. The summed E-state index contributed by atoms with van der Waals surface area (Å²) in [6.45, 7) is 8.64. The Morgan fingerprint density at radius 1 is 1.25 bits per heavy atom. The Labute approximate surface area is 97.9 Å². The maximum absolute atomic E-state index is 5.62. The van der Waals surface area contributed by atoms with E-state index >= 15 is 0 Å². The van der Waals surface area contributed by atoms with Crippen LogP contribution in [0.3, 0.4) is 0 Å². The van der Waals surface area contributed by atoms with Crippen molar-refractivity contribution in [2.75, 3.05) is 7.11 Å². The molecule has 0 radical (unpaired) electrons. The molecule has 0 aliphatic rings. The Bertz CT molecular complexity index is 317. The fourth-order valence-corrected chi connectivity index (χ4v) is 1.61. The molecule has 0 saturated carbocycles. The van der Waals surface area contributed by atoms with Crippen LogP contribution in [0, 0.1) is 5.92 Å². The fraction of sp³-hybridized carbons (Fsp3) is 0.429. The SMILES string of the molecule is C=C(OCc1ccccc1)C(OC)C(C)C. The predicted molar refractivity (Wildman–Crippen MR) is 66.0 cm³/mol. The molecule has 2 nitrogen and oxygen atoms in total. The van der Waals surface area contributed by atoms with Gasteiger partial charge in [0.15, 0.2) is 0 Å². The number of hydrogen-bond donors (Lipinski definition) is 0. The summed E-state index contributed by atoms with van der Waals surface area (Å²) in [6.07, 6.45) is -0.0382. The zero-order chi connectivity index (χ0) is 12.0. The summed E-state index contributed by atoms with van der Waals surface area (Å²) >= 11 is 0. The lowest BCUT2D eigenvalue weighted by molar-refractivity contribution is 0.0320. The number of rotatable bonds is 6. The van der Waals surface area contributed by atoms with Gasteiger partial charge in [0.1, 0.15) is 18.5 Å². The number of hydrogen-bond acceptors (Lipinski definition) is 2. The van der Waals surface area contributed by atoms with Crippen molar-refractivity contribution in [2.45, 2.75) is 26.6 Å². The lowest BCUT2D eigenvalue weighted by atomic mass is 10.1. The van der Waals surface area contributed by atoms with Crippen molar-refractivity contribution in [1.29, 1.82) is 0 Å². The topological polar surface area (TPSA) is 18.5 Å². The third-order valence-electron chi connectivity index (χ3n) is 2.44. The number of ether oxygens (including phenoxy) is 2. The molecule has 1 atom stereocenters. The summed E-state index contributed by atoms with van der Waals surface area (Å²) < 4.78 is 11.0. The molecule has 88 valence electrons. The third kappa shape index (κ3) is 3.70. The first-order chi connectivity index (χ1) is 7.65. The van der Waals surface area contributed by atoms with Crippen LogP contribution >= 0.6 is 0 Å². The van der Waals surface area contributed by atoms with Gasteiger partial charge in [-0.05, 0) is 11.5 Å². The van der Waals surface area contributed by atoms with Crippen LogP contribution in [-0.2, 0) is 16.1 Å². The molecular formula is C14H20O2. The second-order valence-corrected chi connectivity index (χ2v) is 4.14. The molecule has 0 fully saturated rings. The van der Waals surface area contributed by atoms with Gasteiger partial charge in [-0.2, -0.15) is 0 Å². The lowest BCUT2D eigenvalue weighted by Gasteiger charge is -2.21. The van der Waals surface area contributed by atoms with Crippen LogP contribution in [0.1, 0.15) is 19.4 Å².